The fourth-order valence-electron chi connectivity index (χ4n) is 2.24. The fourth-order valence-corrected chi connectivity index (χ4v) is 2.86. The first-order valence-electron chi connectivity index (χ1n) is 7.63. The summed E-state index contributed by atoms with van der Waals surface area (Å²) in [4.78, 5) is 0. The van der Waals surface area contributed by atoms with E-state index in [1.165, 1.54) is 5.56 Å². The molecule has 0 aromatic heterocycles. The molecule has 0 saturated carbocycles. The summed E-state index contributed by atoms with van der Waals surface area (Å²) < 4.78 is 5.91. The zero-order valence-electron chi connectivity index (χ0n) is 13.2. The third kappa shape index (κ3) is 4.94. The van der Waals surface area contributed by atoms with Crippen molar-refractivity contribution in [1.82, 2.24) is 0 Å². The average Bonchev–Trinajstić information content (AvgIpc) is 2.55. The van der Waals surface area contributed by atoms with Crippen LogP contribution in [0, 0.1) is 0 Å². The molecule has 0 spiro atoms. The normalized spacial score (nSPS) is 12.0. The first-order valence-corrected chi connectivity index (χ1v) is 8.76. The summed E-state index contributed by atoms with van der Waals surface area (Å²) in [7, 11) is 0. The summed E-state index contributed by atoms with van der Waals surface area (Å²) >= 11 is 18.1. The van der Waals surface area contributed by atoms with Crippen LogP contribution in [0.2, 0.25) is 15.1 Å². The SMILES string of the molecule is CCC(C)c1ccccc1OCCNc1cc(Cl)c(Cl)cc1Cl. The summed E-state index contributed by atoms with van der Waals surface area (Å²) in [6, 6.07) is 11.5. The maximum absolute atomic E-state index is 6.14. The summed E-state index contributed by atoms with van der Waals surface area (Å²) in [6.07, 6.45) is 1.08. The molecule has 23 heavy (non-hydrogen) atoms. The third-order valence-electron chi connectivity index (χ3n) is 3.75. The van der Waals surface area contributed by atoms with E-state index in [4.69, 9.17) is 39.5 Å². The van der Waals surface area contributed by atoms with E-state index in [0.29, 0.717) is 34.1 Å². The lowest BCUT2D eigenvalue weighted by molar-refractivity contribution is 0.327. The van der Waals surface area contributed by atoms with Crippen LogP contribution in [-0.4, -0.2) is 13.2 Å². The zero-order chi connectivity index (χ0) is 16.8. The predicted octanol–water partition coefficient (Wildman–Crippen LogP) is 6.65. The molecule has 2 aromatic carbocycles. The minimum atomic E-state index is 0.445. The topological polar surface area (TPSA) is 21.3 Å². The second kappa shape index (κ2) is 8.68. The number of ether oxygens (including phenoxy) is 1. The molecule has 0 aliphatic carbocycles. The van der Waals surface area contributed by atoms with Crippen molar-refractivity contribution in [2.45, 2.75) is 26.2 Å². The van der Waals surface area contributed by atoms with Gasteiger partial charge in [0.1, 0.15) is 12.4 Å². The van der Waals surface area contributed by atoms with Crippen LogP contribution in [0.4, 0.5) is 5.69 Å². The van der Waals surface area contributed by atoms with Gasteiger partial charge in [-0.2, -0.15) is 0 Å². The Morgan fingerprint density at radius 3 is 2.48 bits per heavy atom. The van der Waals surface area contributed by atoms with Gasteiger partial charge in [-0.3, -0.25) is 0 Å². The monoisotopic (exact) mass is 371 g/mol. The summed E-state index contributed by atoms with van der Waals surface area (Å²) in [6.45, 7) is 5.53. The van der Waals surface area contributed by atoms with E-state index in [-0.39, 0.29) is 0 Å². The molecule has 124 valence electrons. The smallest absolute Gasteiger partial charge is 0.122 e. The molecule has 0 aliphatic rings. The van der Waals surface area contributed by atoms with Crippen molar-refractivity contribution in [3.63, 3.8) is 0 Å². The molecule has 0 saturated heterocycles. The molecule has 2 nitrogen and oxygen atoms in total. The molecule has 0 fully saturated rings. The van der Waals surface area contributed by atoms with Gasteiger partial charge < -0.3 is 10.1 Å². The standard InChI is InChI=1S/C18H20Cl3NO/c1-3-12(2)13-6-4-5-7-18(13)23-9-8-22-17-11-15(20)14(19)10-16(17)21/h4-7,10-12,22H,3,8-9H2,1-2H3. The molecule has 1 unspecified atom stereocenters. The van der Waals surface area contributed by atoms with Crippen molar-refractivity contribution in [2.75, 3.05) is 18.5 Å². The van der Waals surface area contributed by atoms with E-state index < -0.39 is 0 Å². The Morgan fingerprint density at radius 1 is 1.04 bits per heavy atom. The maximum Gasteiger partial charge on any atom is 0.122 e. The number of nitrogens with one attached hydrogen (secondary N) is 1. The van der Waals surface area contributed by atoms with E-state index in [0.717, 1.165) is 17.9 Å². The number of halogens is 3. The Hall–Kier alpha value is -1.09. The molecule has 2 rings (SSSR count). The van der Waals surface area contributed by atoms with Gasteiger partial charge in [0.15, 0.2) is 0 Å². The van der Waals surface area contributed by atoms with Gasteiger partial charge in [0.05, 0.1) is 20.8 Å². The molecular formula is C18H20Cl3NO. The van der Waals surface area contributed by atoms with Gasteiger partial charge in [0.2, 0.25) is 0 Å². The van der Waals surface area contributed by atoms with Crippen LogP contribution < -0.4 is 10.1 Å². The van der Waals surface area contributed by atoms with E-state index in [2.05, 4.69) is 25.2 Å². The van der Waals surface area contributed by atoms with Crippen molar-refractivity contribution in [3.05, 3.63) is 57.0 Å². The van der Waals surface area contributed by atoms with Crippen molar-refractivity contribution >= 4 is 40.5 Å². The lowest BCUT2D eigenvalue weighted by Gasteiger charge is -2.16. The zero-order valence-corrected chi connectivity index (χ0v) is 15.5. The van der Waals surface area contributed by atoms with Crippen LogP contribution >= 0.6 is 34.8 Å². The van der Waals surface area contributed by atoms with Crippen LogP contribution in [0.3, 0.4) is 0 Å². The first kappa shape index (κ1) is 18.3. The number of para-hydroxylation sites is 1. The quantitative estimate of drug-likeness (QED) is 0.434. The van der Waals surface area contributed by atoms with Crippen LogP contribution in [-0.2, 0) is 0 Å². The van der Waals surface area contributed by atoms with E-state index >= 15 is 0 Å². The minimum absolute atomic E-state index is 0.445. The Morgan fingerprint density at radius 2 is 1.74 bits per heavy atom. The Labute approximate surface area is 152 Å². The van der Waals surface area contributed by atoms with Crippen LogP contribution in [0.25, 0.3) is 0 Å². The highest BCUT2D eigenvalue weighted by Gasteiger charge is 2.09. The van der Waals surface area contributed by atoms with E-state index in [9.17, 15) is 0 Å². The molecular weight excluding hydrogens is 353 g/mol. The van der Waals surface area contributed by atoms with Gasteiger partial charge in [-0.25, -0.2) is 0 Å². The molecule has 0 aliphatic heterocycles. The van der Waals surface area contributed by atoms with Crippen molar-refractivity contribution in [2.24, 2.45) is 0 Å². The number of benzene rings is 2. The van der Waals surface area contributed by atoms with Crippen LogP contribution in [0.15, 0.2) is 36.4 Å². The lowest BCUT2D eigenvalue weighted by atomic mass is 9.98. The summed E-state index contributed by atoms with van der Waals surface area (Å²) in [5.74, 6) is 1.41. The highest BCUT2D eigenvalue weighted by atomic mass is 35.5. The summed E-state index contributed by atoms with van der Waals surface area (Å²) in [5, 5.41) is 4.67. The molecule has 0 amide bonds. The van der Waals surface area contributed by atoms with E-state index in [1.807, 2.05) is 18.2 Å². The maximum atomic E-state index is 6.14. The lowest BCUT2D eigenvalue weighted by Crippen LogP contribution is -2.13. The summed E-state index contributed by atoms with van der Waals surface area (Å²) in [5.41, 5.74) is 1.99. The van der Waals surface area contributed by atoms with Crippen LogP contribution in [0.5, 0.6) is 5.75 Å². The van der Waals surface area contributed by atoms with Gasteiger partial charge in [0, 0.05) is 6.54 Å². The molecule has 1 atom stereocenters. The largest absolute Gasteiger partial charge is 0.491 e. The Balaban J connectivity index is 1.93. The molecule has 0 bridgehead atoms. The number of hydrogen-bond acceptors (Lipinski definition) is 2. The average molecular weight is 373 g/mol. The van der Waals surface area contributed by atoms with Crippen molar-refractivity contribution in [3.8, 4) is 5.75 Å². The molecule has 5 heteroatoms. The Kier molecular flexibility index (Phi) is 6.88. The number of hydrogen-bond donors (Lipinski definition) is 1. The van der Waals surface area contributed by atoms with Crippen molar-refractivity contribution in [1.29, 1.82) is 0 Å². The van der Waals surface area contributed by atoms with Gasteiger partial charge in [-0.05, 0) is 36.1 Å². The third-order valence-corrected chi connectivity index (χ3v) is 4.78. The molecule has 0 heterocycles. The van der Waals surface area contributed by atoms with Gasteiger partial charge in [-0.1, -0.05) is 66.8 Å². The fraction of sp³-hybridized carbons (Fsp3) is 0.333. The van der Waals surface area contributed by atoms with Gasteiger partial charge in [0.25, 0.3) is 0 Å². The highest BCUT2D eigenvalue weighted by molar-refractivity contribution is 6.44. The minimum Gasteiger partial charge on any atom is -0.491 e. The van der Waals surface area contributed by atoms with Crippen molar-refractivity contribution < 1.29 is 4.74 Å². The second-order valence-corrected chi connectivity index (χ2v) is 6.59. The highest BCUT2D eigenvalue weighted by Crippen LogP contribution is 2.32. The van der Waals surface area contributed by atoms with Gasteiger partial charge >= 0.3 is 0 Å². The molecule has 0 radical (unpaired) electrons. The van der Waals surface area contributed by atoms with Crippen LogP contribution in [0.1, 0.15) is 31.7 Å². The number of rotatable bonds is 7. The van der Waals surface area contributed by atoms with Gasteiger partial charge in [-0.15, -0.1) is 0 Å². The first-order chi connectivity index (χ1) is 11.0. The molecule has 2 aromatic rings. The Bertz CT molecular complexity index is 661. The molecule has 1 N–H and O–H groups in total. The van der Waals surface area contributed by atoms with E-state index in [1.54, 1.807) is 12.1 Å². The predicted molar refractivity (Wildman–Crippen MR) is 101 cm³/mol. The second-order valence-electron chi connectivity index (χ2n) is 5.37. The number of anilines is 1.